The van der Waals surface area contributed by atoms with E-state index in [2.05, 4.69) is 22.6 Å². The van der Waals surface area contributed by atoms with Gasteiger partial charge in [0.15, 0.2) is 0 Å². The van der Waals surface area contributed by atoms with E-state index in [0.29, 0.717) is 13.1 Å². The molecule has 140 valence electrons. The maximum atomic E-state index is 13.0. The smallest absolute Gasteiger partial charge is 0.247 e. The van der Waals surface area contributed by atoms with E-state index >= 15 is 0 Å². The summed E-state index contributed by atoms with van der Waals surface area (Å²) < 4.78 is 0. The van der Waals surface area contributed by atoms with Gasteiger partial charge in [-0.25, -0.2) is 10.4 Å². The lowest BCUT2D eigenvalue weighted by atomic mass is 9.84. The number of hydrazine groups is 1. The SMILES string of the molecule is CCN1CC(C(=O)Nc2ccccc2)C2NN(c3ccccc3)C(=O)C2C1. The van der Waals surface area contributed by atoms with Crippen LogP contribution in [0.15, 0.2) is 60.7 Å². The van der Waals surface area contributed by atoms with E-state index in [-0.39, 0.29) is 29.7 Å². The quantitative estimate of drug-likeness (QED) is 0.872. The third-order valence-corrected chi connectivity index (χ3v) is 5.43. The second-order valence-corrected chi connectivity index (χ2v) is 7.08. The number of benzene rings is 2. The van der Waals surface area contributed by atoms with E-state index in [9.17, 15) is 9.59 Å². The number of carbonyl (C=O) groups is 2. The Morgan fingerprint density at radius 2 is 1.74 bits per heavy atom. The summed E-state index contributed by atoms with van der Waals surface area (Å²) in [6.45, 7) is 4.19. The first kappa shape index (κ1) is 17.7. The number of piperidine rings is 1. The first-order valence-electron chi connectivity index (χ1n) is 9.41. The van der Waals surface area contributed by atoms with Gasteiger partial charge in [-0.05, 0) is 30.8 Å². The van der Waals surface area contributed by atoms with E-state index in [1.807, 2.05) is 60.7 Å². The van der Waals surface area contributed by atoms with Crippen LogP contribution < -0.4 is 15.8 Å². The van der Waals surface area contributed by atoms with Gasteiger partial charge in [-0.2, -0.15) is 0 Å². The number of hydrogen-bond acceptors (Lipinski definition) is 4. The Labute approximate surface area is 159 Å². The van der Waals surface area contributed by atoms with Gasteiger partial charge in [-0.3, -0.25) is 9.59 Å². The normalized spacial score (nSPS) is 25.3. The van der Waals surface area contributed by atoms with Gasteiger partial charge in [0.25, 0.3) is 0 Å². The number of amides is 2. The standard InChI is InChI=1S/C21H24N4O2/c1-2-24-13-17(20(26)22-15-9-5-3-6-10-15)19-18(14-24)21(27)25(23-19)16-11-7-4-8-12-16/h3-12,17-19,23H,2,13-14H2,1H3,(H,22,26). The number of fused-ring (bicyclic) bond motifs is 1. The molecular formula is C21H24N4O2. The molecule has 3 unspecified atom stereocenters. The predicted molar refractivity (Wildman–Crippen MR) is 105 cm³/mol. The van der Waals surface area contributed by atoms with Crippen molar-refractivity contribution >= 4 is 23.2 Å². The van der Waals surface area contributed by atoms with Crippen molar-refractivity contribution in [2.24, 2.45) is 11.8 Å². The molecule has 2 amide bonds. The van der Waals surface area contributed by atoms with Crippen molar-refractivity contribution < 1.29 is 9.59 Å². The Hall–Kier alpha value is -2.70. The van der Waals surface area contributed by atoms with Crippen LogP contribution in [0.2, 0.25) is 0 Å². The molecule has 2 fully saturated rings. The van der Waals surface area contributed by atoms with Crippen molar-refractivity contribution in [1.29, 1.82) is 0 Å². The number of rotatable bonds is 4. The topological polar surface area (TPSA) is 64.7 Å². The fraction of sp³-hybridized carbons (Fsp3) is 0.333. The number of carbonyl (C=O) groups excluding carboxylic acids is 2. The van der Waals surface area contributed by atoms with Crippen molar-refractivity contribution in [2.45, 2.75) is 13.0 Å². The molecule has 2 heterocycles. The number of nitrogens with zero attached hydrogens (tertiary/aromatic N) is 2. The van der Waals surface area contributed by atoms with Crippen molar-refractivity contribution in [3.8, 4) is 0 Å². The lowest BCUT2D eigenvalue weighted by molar-refractivity contribution is -0.126. The van der Waals surface area contributed by atoms with Gasteiger partial charge in [0.2, 0.25) is 11.8 Å². The molecule has 0 bridgehead atoms. The monoisotopic (exact) mass is 364 g/mol. The van der Waals surface area contributed by atoms with Crippen LogP contribution in [0, 0.1) is 11.8 Å². The zero-order valence-electron chi connectivity index (χ0n) is 15.3. The summed E-state index contributed by atoms with van der Waals surface area (Å²) in [6, 6.07) is 18.8. The Morgan fingerprint density at radius 1 is 1.07 bits per heavy atom. The molecule has 2 aliphatic rings. The van der Waals surface area contributed by atoms with Crippen LogP contribution in [0.25, 0.3) is 0 Å². The molecule has 6 nitrogen and oxygen atoms in total. The minimum Gasteiger partial charge on any atom is -0.326 e. The van der Waals surface area contributed by atoms with Crippen molar-refractivity contribution in [3.05, 3.63) is 60.7 Å². The highest BCUT2D eigenvalue weighted by atomic mass is 16.2. The Bertz CT molecular complexity index is 811. The van der Waals surface area contributed by atoms with E-state index in [1.165, 1.54) is 0 Å². The summed E-state index contributed by atoms with van der Waals surface area (Å²) in [5, 5.41) is 4.61. The number of anilines is 2. The highest BCUT2D eigenvalue weighted by molar-refractivity contribution is 5.99. The van der Waals surface area contributed by atoms with Crippen LogP contribution >= 0.6 is 0 Å². The molecule has 2 aromatic rings. The predicted octanol–water partition coefficient (Wildman–Crippen LogP) is 2.11. The molecule has 0 saturated carbocycles. The second-order valence-electron chi connectivity index (χ2n) is 7.08. The highest BCUT2D eigenvalue weighted by Crippen LogP contribution is 2.32. The summed E-state index contributed by atoms with van der Waals surface area (Å²) in [7, 11) is 0. The minimum atomic E-state index is -0.304. The van der Waals surface area contributed by atoms with Gasteiger partial charge in [-0.15, -0.1) is 0 Å². The maximum absolute atomic E-state index is 13.0. The lowest BCUT2D eigenvalue weighted by Crippen LogP contribution is -2.55. The first-order chi connectivity index (χ1) is 13.2. The maximum Gasteiger partial charge on any atom is 0.247 e. The number of hydrogen-bond donors (Lipinski definition) is 2. The fourth-order valence-corrected chi connectivity index (χ4v) is 3.97. The van der Waals surface area contributed by atoms with E-state index in [4.69, 9.17) is 0 Å². The molecule has 4 rings (SSSR count). The van der Waals surface area contributed by atoms with Gasteiger partial charge in [-0.1, -0.05) is 43.3 Å². The van der Waals surface area contributed by atoms with Gasteiger partial charge in [0, 0.05) is 18.8 Å². The lowest BCUT2D eigenvalue weighted by Gasteiger charge is -2.37. The second kappa shape index (κ2) is 7.50. The minimum absolute atomic E-state index is 0.0295. The molecule has 0 aromatic heterocycles. The zero-order valence-corrected chi connectivity index (χ0v) is 15.3. The Kier molecular flexibility index (Phi) is 4.92. The van der Waals surface area contributed by atoms with Crippen molar-refractivity contribution in [1.82, 2.24) is 10.3 Å². The fourth-order valence-electron chi connectivity index (χ4n) is 3.97. The summed E-state index contributed by atoms with van der Waals surface area (Å²) in [6.07, 6.45) is 0. The van der Waals surface area contributed by atoms with Crippen LogP contribution in [-0.4, -0.2) is 42.4 Å². The molecule has 0 spiro atoms. The number of nitrogens with one attached hydrogen (secondary N) is 2. The van der Waals surface area contributed by atoms with E-state index < -0.39 is 0 Å². The van der Waals surface area contributed by atoms with Crippen molar-refractivity contribution in [2.75, 3.05) is 30.0 Å². The summed E-state index contributed by atoms with van der Waals surface area (Å²) in [4.78, 5) is 28.2. The largest absolute Gasteiger partial charge is 0.326 e. The molecule has 2 aliphatic heterocycles. The number of likely N-dealkylation sites (tertiary alicyclic amines) is 1. The van der Waals surface area contributed by atoms with Gasteiger partial charge in [0.05, 0.1) is 23.6 Å². The van der Waals surface area contributed by atoms with Crippen LogP contribution in [0.4, 0.5) is 11.4 Å². The molecule has 2 N–H and O–H groups in total. The van der Waals surface area contributed by atoms with Crippen LogP contribution in [0.5, 0.6) is 0 Å². The summed E-state index contributed by atoms with van der Waals surface area (Å²) in [5.41, 5.74) is 4.90. The van der Waals surface area contributed by atoms with E-state index in [0.717, 1.165) is 17.9 Å². The third kappa shape index (κ3) is 3.46. The molecule has 2 aromatic carbocycles. The van der Waals surface area contributed by atoms with Gasteiger partial charge >= 0.3 is 0 Å². The summed E-state index contributed by atoms with van der Waals surface area (Å²) >= 11 is 0. The van der Waals surface area contributed by atoms with E-state index in [1.54, 1.807) is 5.01 Å². The average molecular weight is 364 g/mol. The molecular weight excluding hydrogens is 340 g/mol. The molecule has 0 aliphatic carbocycles. The van der Waals surface area contributed by atoms with Crippen molar-refractivity contribution in [3.63, 3.8) is 0 Å². The molecule has 2 saturated heterocycles. The Balaban J connectivity index is 1.58. The van der Waals surface area contributed by atoms with Gasteiger partial charge < -0.3 is 10.2 Å². The molecule has 0 radical (unpaired) electrons. The molecule has 3 atom stereocenters. The summed E-state index contributed by atoms with van der Waals surface area (Å²) in [5.74, 6) is -0.557. The van der Waals surface area contributed by atoms with Crippen LogP contribution in [0.3, 0.4) is 0 Å². The third-order valence-electron chi connectivity index (χ3n) is 5.43. The molecule has 6 heteroatoms. The molecule has 27 heavy (non-hydrogen) atoms. The van der Waals surface area contributed by atoms with Gasteiger partial charge in [0.1, 0.15) is 0 Å². The Morgan fingerprint density at radius 3 is 2.41 bits per heavy atom. The average Bonchev–Trinajstić information content (AvgIpc) is 3.05. The first-order valence-corrected chi connectivity index (χ1v) is 9.41. The number of para-hydroxylation sites is 2. The highest BCUT2D eigenvalue weighted by Gasteiger charge is 2.50. The zero-order chi connectivity index (χ0) is 18.8. The van der Waals surface area contributed by atoms with Crippen LogP contribution in [-0.2, 0) is 9.59 Å². The van der Waals surface area contributed by atoms with Crippen LogP contribution in [0.1, 0.15) is 6.92 Å².